The smallest absolute Gasteiger partial charge is 0.211 e. The molecule has 2 aliphatic heterocycles. The summed E-state index contributed by atoms with van der Waals surface area (Å²) >= 11 is 0. The molecule has 168 valence electrons. The number of rotatable bonds is 4. The van der Waals surface area contributed by atoms with Gasteiger partial charge in [-0.2, -0.15) is 14.0 Å². The molecule has 0 spiro atoms. The molecule has 3 fully saturated rings. The van der Waals surface area contributed by atoms with E-state index in [1.807, 2.05) is 18.3 Å². The van der Waals surface area contributed by atoms with Crippen LogP contribution >= 0.6 is 0 Å². The van der Waals surface area contributed by atoms with Gasteiger partial charge in [0.2, 0.25) is 5.95 Å². The molecular weight excluding hydrogens is 419 g/mol. The van der Waals surface area contributed by atoms with Crippen molar-refractivity contribution in [2.75, 3.05) is 5.73 Å². The lowest BCUT2D eigenvalue weighted by Crippen LogP contribution is -2.37. The molecule has 4 aromatic rings. The maximum atomic E-state index is 13.3. The Morgan fingerprint density at radius 1 is 0.970 bits per heavy atom. The summed E-state index contributed by atoms with van der Waals surface area (Å²) in [4.78, 5) is 16.3. The number of hydrogen-bond acceptors (Lipinski definition) is 6. The molecule has 2 bridgehead atoms. The van der Waals surface area contributed by atoms with Gasteiger partial charge in [0.25, 0.3) is 0 Å². The highest BCUT2D eigenvalue weighted by atomic mass is 19.1. The number of aromatic nitrogens is 6. The molecule has 1 saturated carbocycles. The summed E-state index contributed by atoms with van der Waals surface area (Å²) in [6.07, 6.45) is 11.8. The van der Waals surface area contributed by atoms with Crippen LogP contribution in [0.1, 0.15) is 61.6 Å². The number of hydrogen-bond donors (Lipinski definition) is 3. The zero-order chi connectivity index (χ0) is 22.1. The van der Waals surface area contributed by atoms with Gasteiger partial charge in [0, 0.05) is 40.9 Å². The van der Waals surface area contributed by atoms with Crippen LogP contribution in [-0.4, -0.2) is 41.6 Å². The van der Waals surface area contributed by atoms with Crippen molar-refractivity contribution in [3.63, 3.8) is 0 Å². The normalized spacial score (nSPS) is 24.6. The standard InChI is InChI=1S/C24H25FN8/c25-19-11-28-23(31-19)18-6-3-13(9-27-18)17-10-29-33-22(26)20(12-1-2-12)21(32-24(17)33)14-7-15-4-5-16(8-14)30-15/h3,6,9-12,14-16,30H,1-2,4-5,7-8,26H2,(H,28,31)/t14?,15-,16?/m0/s1. The van der Waals surface area contributed by atoms with Crippen LogP contribution in [0, 0.1) is 5.95 Å². The molecule has 2 unspecified atom stereocenters. The number of anilines is 1. The van der Waals surface area contributed by atoms with E-state index in [0.29, 0.717) is 35.4 Å². The molecule has 0 aromatic carbocycles. The van der Waals surface area contributed by atoms with Gasteiger partial charge in [-0.3, -0.25) is 4.98 Å². The quantitative estimate of drug-likeness (QED) is 0.442. The topological polar surface area (TPSA) is 110 Å². The first-order chi connectivity index (χ1) is 16.1. The summed E-state index contributed by atoms with van der Waals surface area (Å²) in [7, 11) is 0. The number of nitrogen functional groups attached to an aromatic ring is 1. The first-order valence-electron chi connectivity index (χ1n) is 11.7. The van der Waals surface area contributed by atoms with Gasteiger partial charge in [0.05, 0.1) is 18.1 Å². The number of piperidine rings is 1. The Morgan fingerprint density at radius 2 is 1.79 bits per heavy atom. The molecule has 33 heavy (non-hydrogen) atoms. The van der Waals surface area contributed by atoms with Crippen LogP contribution in [0.3, 0.4) is 0 Å². The van der Waals surface area contributed by atoms with E-state index in [-0.39, 0.29) is 0 Å². The second kappa shape index (κ2) is 7.08. The van der Waals surface area contributed by atoms with Crippen molar-refractivity contribution in [2.45, 2.75) is 62.4 Å². The maximum Gasteiger partial charge on any atom is 0.211 e. The van der Waals surface area contributed by atoms with E-state index in [4.69, 9.17) is 10.7 Å². The van der Waals surface area contributed by atoms with E-state index in [2.05, 4.69) is 25.4 Å². The van der Waals surface area contributed by atoms with Crippen molar-refractivity contribution < 1.29 is 4.39 Å². The Balaban J connectivity index is 1.32. The first kappa shape index (κ1) is 19.2. The number of halogens is 1. The lowest BCUT2D eigenvalue weighted by molar-refractivity contribution is 0.357. The van der Waals surface area contributed by atoms with Crippen LogP contribution in [-0.2, 0) is 0 Å². The van der Waals surface area contributed by atoms with Crippen molar-refractivity contribution in [3.05, 3.63) is 47.9 Å². The number of imidazole rings is 1. The van der Waals surface area contributed by atoms with Crippen molar-refractivity contribution in [1.29, 1.82) is 0 Å². The van der Waals surface area contributed by atoms with Crippen LogP contribution in [0.5, 0.6) is 0 Å². The number of aromatic amines is 1. The van der Waals surface area contributed by atoms with E-state index in [1.165, 1.54) is 36.9 Å². The summed E-state index contributed by atoms with van der Waals surface area (Å²) in [6.45, 7) is 0. The number of pyridine rings is 1. The average molecular weight is 445 g/mol. The molecule has 0 radical (unpaired) electrons. The molecule has 7 rings (SSSR count). The van der Waals surface area contributed by atoms with Gasteiger partial charge >= 0.3 is 0 Å². The lowest BCUT2D eigenvalue weighted by Gasteiger charge is -2.30. The molecule has 6 heterocycles. The molecule has 3 aliphatic rings. The molecule has 2 saturated heterocycles. The minimum Gasteiger partial charge on any atom is -0.383 e. The van der Waals surface area contributed by atoms with Gasteiger partial charge in [0.15, 0.2) is 11.5 Å². The van der Waals surface area contributed by atoms with Crippen molar-refractivity contribution >= 4 is 11.5 Å². The Kier molecular flexibility index (Phi) is 4.11. The molecule has 8 nitrogen and oxygen atoms in total. The second-order valence-electron chi connectivity index (χ2n) is 9.68. The number of H-pyrrole nitrogens is 1. The predicted molar refractivity (Wildman–Crippen MR) is 122 cm³/mol. The number of nitrogens with zero attached hydrogens (tertiary/aromatic N) is 5. The van der Waals surface area contributed by atoms with Crippen molar-refractivity contribution in [1.82, 2.24) is 34.9 Å². The Morgan fingerprint density at radius 3 is 2.45 bits per heavy atom. The van der Waals surface area contributed by atoms with Gasteiger partial charge in [-0.05, 0) is 50.5 Å². The molecule has 4 N–H and O–H groups in total. The lowest BCUT2D eigenvalue weighted by atomic mass is 9.86. The van der Waals surface area contributed by atoms with Crippen LogP contribution in [0.25, 0.3) is 28.3 Å². The van der Waals surface area contributed by atoms with Crippen LogP contribution in [0.15, 0.2) is 30.7 Å². The third-order valence-electron chi connectivity index (χ3n) is 7.46. The summed E-state index contributed by atoms with van der Waals surface area (Å²) in [6, 6.07) is 4.95. The molecule has 0 amide bonds. The minimum atomic E-state index is -0.483. The Hall–Kier alpha value is -3.33. The highest BCUT2D eigenvalue weighted by molar-refractivity contribution is 5.79. The van der Waals surface area contributed by atoms with Crippen LogP contribution in [0.4, 0.5) is 10.2 Å². The number of fused-ring (bicyclic) bond motifs is 3. The van der Waals surface area contributed by atoms with E-state index >= 15 is 0 Å². The van der Waals surface area contributed by atoms with Gasteiger partial charge in [0.1, 0.15) is 11.5 Å². The number of nitrogens with two attached hydrogens (primary N) is 1. The third kappa shape index (κ3) is 3.13. The minimum absolute atomic E-state index is 0.401. The summed E-state index contributed by atoms with van der Waals surface area (Å²) in [5.74, 6) is 1.59. The second-order valence-corrected chi connectivity index (χ2v) is 9.68. The van der Waals surface area contributed by atoms with Crippen molar-refractivity contribution in [2.24, 2.45) is 0 Å². The highest BCUT2D eigenvalue weighted by Crippen LogP contribution is 2.48. The fraction of sp³-hybridized carbons (Fsp3) is 0.417. The maximum absolute atomic E-state index is 13.3. The van der Waals surface area contributed by atoms with E-state index < -0.39 is 5.95 Å². The summed E-state index contributed by atoms with van der Waals surface area (Å²) in [5.41, 5.74) is 12.3. The first-order valence-corrected chi connectivity index (χ1v) is 11.7. The van der Waals surface area contributed by atoms with Gasteiger partial charge in [-0.1, -0.05) is 6.07 Å². The van der Waals surface area contributed by atoms with E-state index in [1.54, 1.807) is 10.7 Å². The van der Waals surface area contributed by atoms with Crippen LogP contribution in [0.2, 0.25) is 0 Å². The highest BCUT2D eigenvalue weighted by Gasteiger charge is 2.39. The average Bonchev–Trinajstić information content (AvgIpc) is 3.26. The largest absolute Gasteiger partial charge is 0.383 e. The SMILES string of the molecule is Nc1c(C2CC2)c(C2CC3CC[C@@H](C2)N3)nc2c(-c3ccc(-c4ncc(F)[nH]4)nc3)cnn12. The number of nitrogens with one attached hydrogen (secondary N) is 2. The zero-order valence-corrected chi connectivity index (χ0v) is 18.1. The van der Waals surface area contributed by atoms with Gasteiger partial charge in [-0.25, -0.2) is 9.97 Å². The van der Waals surface area contributed by atoms with Gasteiger partial charge < -0.3 is 16.0 Å². The summed E-state index contributed by atoms with van der Waals surface area (Å²) in [5, 5.41) is 8.34. The molecule has 3 atom stereocenters. The predicted octanol–water partition coefficient (Wildman–Crippen LogP) is 3.78. The van der Waals surface area contributed by atoms with Crippen LogP contribution < -0.4 is 11.1 Å². The molecular formula is C24H25FN8. The monoisotopic (exact) mass is 444 g/mol. The molecule has 1 aliphatic carbocycles. The fourth-order valence-electron chi connectivity index (χ4n) is 5.75. The Labute approximate surface area is 189 Å². The third-order valence-corrected chi connectivity index (χ3v) is 7.46. The molecule has 4 aromatic heterocycles. The summed E-state index contributed by atoms with van der Waals surface area (Å²) < 4.78 is 15.1. The fourth-order valence-corrected chi connectivity index (χ4v) is 5.75. The Bertz CT molecular complexity index is 1340. The van der Waals surface area contributed by atoms with E-state index in [0.717, 1.165) is 41.6 Å². The van der Waals surface area contributed by atoms with Gasteiger partial charge in [-0.15, -0.1) is 0 Å². The zero-order valence-electron chi connectivity index (χ0n) is 18.1. The molecule has 9 heteroatoms. The van der Waals surface area contributed by atoms with E-state index in [9.17, 15) is 4.39 Å². The van der Waals surface area contributed by atoms with Crippen molar-refractivity contribution in [3.8, 4) is 22.6 Å².